The normalized spacial score (nSPS) is 29.0. The molecule has 1 N–H and O–H groups in total. The first-order valence-corrected chi connectivity index (χ1v) is 6.95. The first kappa shape index (κ1) is 13.0. The lowest BCUT2D eigenvalue weighted by atomic mass is 9.77. The Hall–Kier alpha value is -0.0400. The molecule has 0 aromatic rings. The van der Waals surface area contributed by atoms with Gasteiger partial charge in [-0.3, -0.25) is 0 Å². The zero-order chi connectivity index (χ0) is 11.1. The second-order valence-corrected chi connectivity index (χ2v) is 5.42. The molecular weight excluding hydrogens is 182 g/mol. The van der Waals surface area contributed by atoms with Crippen molar-refractivity contribution in [1.82, 2.24) is 5.32 Å². The zero-order valence-electron chi connectivity index (χ0n) is 10.9. The van der Waals surface area contributed by atoms with Gasteiger partial charge in [0.05, 0.1) is 0 Å². The lowest BCUT2D eigenvalue weighted by Crippen LogP contribution is -2.36. The van der Waals surface area contributed by atoms with E-state index in [1.165, 1.54) is 51.4 Å². The van der Waals surface area contributed by atoms with Crippen molar-refractivity contribution in [3.63, 3.8) is 0 Å². The molecule has 3 unspecified atom stereocenters. The van der Waals surface area contributed by atoms with Crippen LogP contribution in [0.4, 0.5) is 0 Å². The maximum atomic E-state index is 3.55. The highest BCUT2D eigenvalue weighted by Gasteiger charge is 2.24. The van der Waals surface area contributed by atoms with E-state index in [2.05, 4.69) is 26.2 Å². The molecule has 15 heavy (non-hydrogen) atoms. The van der Waals surface area contributed by atoms with Crippen molar-refractivity contribution < 1.29 is 0 Å². The van der Waals surface area contributed by atoms with Gasteiger partial charge in [0, 0.05) is 6.04 Å². The molecule has 0 aliphatic heterocycles. The summed E-state index contributed by atoms with van der Waals surface area (Å²) in [4.78, 5) is 0. The highest BCUT2D eigenvalue weighted by Crippen LogP contribution is 2.32. The molecule has 1 nitrogen and oxygen atoms in total. The van der Waals surface area contributed by atoms with E-state index in [1.807, 2.05) is 0 Å². The minimum atomic E-state index is 0.791. The largest absolute Gasteiger partial charge is 0.317 e. The predicted octanol–water partition coefficient (Wildman–Crippen LogP) is 3.98. The van der Waals surface area contributed by atoms with Crippen molar-refractivity contribution in [2.24, 2.45) is 11.8 Å². The predicted molar refractivity (Wildman–Crippen MR) is 68.1 cm³/mol. The van der Waals surface area contributed by atoms with Crippen LogP contribution < -0.4 is 5.32 Å². The standard InChI is InChI=1S/C14H29N/c1-4-5-6-10-14(15-3)13-9-7-8-12(2)11-13/h12-15H,4-11H2,1-3H3. The minimum Gasteiger partial charge on any atom is -0.317 e. The molecule has 0 bridgehead atoms. The fourth-order valence-electron chi connectivity index (χ4n) is 3.08. The van der Waals surface area contributed by atoms with Crippen LogP contribution in [-0.2, 0) is 0 Å². The van der Waals surface area contributed by atoms with E-state index < -0.39 is 0 Å². The van der Waals surface area contributed by atoms with E-state index in [0.717, 1.165) is 17.9 Å². The van der Waals surface area contributed by atoms with Crippen LogP contribution >= 0.6 is 0 Å². The average molecular weight is 211 g/mol. The number of rotatable bonds is 6. The summed E-state index contributed by atoms with van der Waals surface area (Å²) in [6.45, 7) is 4.71. The second-order valence-electron chi connectivity index (χ2n) is 5.42. The molecule has 0 heterocycles. The van der Waals surface area contributed by atoms with Gasteiger partial charge in [0.2, 0.25) is 0 Å². The zero-order valence-corrected chi connectivity index (χ0v) is 10.9. The molecule has 1 saturated carbocycles. The molecule has 3 atom stereocenters. The number of hydrogen-bond acceptors (Lipinski definition) is 1. The Balaban J connectivity index is 2.29. The Bertz CT molecular complexity index is 155. The van der Waals surface area contributed by atoms with Crippen molar-refractivity contribution in [1.29, 1.82) is 0 Å². The maximum absolute atomic E-state index is 3.55. The number of unbranched alkanes of at least 4 members (excludes halogenated alkanes) is 2. The van der Waals surface area contributed by atoms with Crippen LogP contribution in [0.3, 0.4) is 0 Å². The third-order valence-electron chi connectivity index (χ3n) is 4.04. The topological polar surface area (TPSA) is 12.0 Å². The highest BCUT2D eigenvalue weighted by atomic mass is 14.9. The van der Waals surface area contributed by atoms with Gasteiger partial charge >= 0.3 is 0 Å². The summed E-state index contributed by atoms with van der Waals surface area (Å²) in [5, 5.41) is 3.55. The van der Waals surface area contributed by atoms with Crippen LogP contribution in [0.25, 0.3) is 0 Å². The molecule has 0 amide bonds. The monoisotopic (exact) mass is 211 g/mol. The third-order valence-corrected chi connectivity index (χ3v) is 4.04. The summed E-state index contributed by atoms with van der Waals surface area (Å²) in [5.74, 6) is 1.92. The highest BCUT2D eigenvalue weighted by molar-refractivity contribution is 4.80. The van der Waals surface area contributed by atoms with Crippen molar-refractivity contribution in [2.45, 2.75) is 71.3 Å². The van der Waals surface area contributed by atoms with E-state index in [9.17, 15) is 0 Å². The van der Waals surface area contributed by atoms with Crippen LogP contribution in [0.2, 0.25) is 0 Å². The fourth-order valence-corrected chi connectivity index (χ4v) is 3.08. The van der Waals surface area contributed by atoms with E-state index in [1.54, 1.807) is 0 Å². The molecule has 1 heteroatoms. The van der Waals surface area contributed by atoms with Gasteiger partial charge in [-0.15, -0.1) is 0 Å². The van der Waals surface area contributed by atoms with Gasteiger partial charge in [0.15, 0.2) is 0 Å². The van der Waals surface area contributed by atoms with Crippen molar-refractivity contribution in [3.8, 4) is 0 Å². The molecule has 0 aromatic heterocycles. The lowest BCUT2D eigenvalue weighted by Gasteiger charge is -2.33. The summed E-state index contributed by atoms with van der Waals surface area (Å²) in [6.07, 6.45) is 11.4. The van der Waals surface area contributed by atoms with Crippen LogP contribution in [-0.4, -0.2) is 13.1 Å². The fraction of sp³-hybridized carbons (Fsp3) is 1.00. The van der Waals surface area contributed by atoms with Crippen molar-refractivity contribution in [2.75, 3.05) is 7.05 Å². The van der Waals surface area contributed by atoms with Gasteiger partial charge < -0.3 is 5.32 Å². The third kappa shape index (κ3) is 4.55. The van der Waals surface area contributed by atoms with Crippen LogP contribution in [0.1, 0.15) is 65.2 Å². The molecule has 0 aromatic carbocycles. The summed E-state index contributed by atoms with van der Waals surface area (Å²) in [6, 6.07) is 0.791. The SMILES string of the molecule is CCCCCC(NC)C1CCCC(C)C1. The Morgan fingerprint density at radius 3 is 2.67 bits per heavy atom. The molecule has 1 rings (SSSR count). The first-order valence-electron chi connectivity index (χ1n) is 6.95. The minimum absolute atomic E-state index is 0.791. The Labute approximate surface area is 96.0 Å². The Morgan fingerprint density at radius 2 is 2.07 bits per heavy atom. The van der Waals surface area contributed by atoms with Gasteiger partial charge in [-0.1, -0.05) is 46.0 Å². The van der Waals surface area contributed by atoms with E-state index in [0.29, 0.717) is 0 Å². The molecule has 1 fully saturated rings. The maximum Gasteiger partial charge on any atom is 0.00924 e. The molecule has 0 radical (unpaired) electrons. The molecule has 1 aliphatic rings. The number of hydrogen-bond donors (Lipinski definition) is 1. The lowest BCUT2D eigenvalue weighted by molar-refractivity contribution is 0.218. The summed E-state index contributed by atoms with van der Waals surface area (Å²) in [5.41, 5.74) is 0. The number of nitrogens with one attached hydrogen (secondary N) is 1. The van der Waals surface area contributed by atoms with Crippen molar-refractivity contribution in [3.05, 3.63) is 0 Å². The van der Waals surface area contributed by atoms with Gasteiger partial charge in [-0.25, -0.2) is 0 Å². The summed E-state index contributed by atoms with van der Waals surface area (Å²) < 4.78 is 0. The molecule has 0 saturated heterocycles. The van der Waals surface area contributed by atoms with Crippen LogP contribution in [0, 0.1) is 11.8 Å². The average Bonchev–Trinajstić information content (AvgIpc) is 2.24. The summed E-state index contributed by atoms with van der Waals surface area (Å²) in [7, 11) is 2.15. The van der Waals surface area contributed by atoms with Gasteiger partial charge in [0.25, 0.3) is 0 Å². The Kier molecular flexibility index (Phi) is 6.31. The first-order chi connectivity index (χ1) is 7.27. The molecular formula is C14H29N. The second kappa shape index (κ2) is 7.27. The van der Waals surface area contributed by atoms with E-state index in [4.69, 9.17) is 0 Å². The van der Waals surface area contributed by atoms with Gasteiger partial charge in [-0.05, 0) is 38.1 Å². The van der Waals surface area contributed by atoms with Gasteiger partial charge in [0.1, 0.15) is 0 Å². The van der Waals surface area contributed by atoms with Crippen molar-refractivity contribution >= 4 is 0 Å². The molecule has 90 valence electrons. The van der Waals surface area contributed by atoms with Gasteiger partial charge in [-0.2, -0.15) is 0 Å². The van der Waals surface area contributed by atoms with Crippen LogP contribution in [0.5, 0.6) is 0 Å². The van der Waals surface area contributed by atoms with E-state index in [-0.39, 0.29) is 0 Å². The smallest absolute Gasteiger partial charge is 0.00924 e. The quantitative estimate of drug-likeness (QED) is 0.655. The van der Waals surface area contributed by atoms with Crippen LogP contribution in [0.15, 0.2) is 0 Å². The van der Waals surface area contributed by atoms with E-state index >= 15 is 0 Å². The molecule has 1 aliphatic carbocycles. The summed E-state index contributed by atoms with van der Waals surface area (Å²) >= 11 is 0. The Morgan fingerprint density at radius 1 is 1.27 bits per heavy atom. The molecule has 0 spiro atoms.